The van der Waals surface area contributed by atoms with Crippen LogP contribution in [-0.2, 0) is 14.4 Å². The highest BCUT2D eigenvalue weighted by molar-refractivity contribution is 5.90. The average Bonchev–Trinajstić information content (AvgIpc) is 2.70. The van der Waals surface area contributed by atoms with Crippen molar-refractivity contribution >= 4 is 17.7 Å². The van der Waals surface area contributed by atoms with Gasteiger partial charge in [0.15, 0.2) is 11.5 Å². The van der Waals surface area contributed by atoms with Gasteiger partial charge in [0, 0.05) is 26.2 Å². The molecule has 0 saturated carbocycles. The molecule has 0 spiro atoms. The van der Waals surface area contributed by atoms with E-state index in [1.54, 1.807) is 21.9 Å². The maximum atomic E-state index is 12.6. The van der Waals surface area contributed by atoms with Gasteiger partial charge in [-0.1, -0.05) is 18.7 Å². The fraction of sp³-hybridized carbons (Fsp3) is 0.389. The van der Waals surface area contributed by atoms with Crippen LogP contribution < -0.4 is 14.8 Å². The molecule has 8 heteroatoms. The molecule has 1 fully saturated rings. The predicted octanol–water partition coefficient (Wildman–Crippen LogP) is -0.201. The van der Waals surface area contributed by atoms with Crippen molar-refractivity contribution < 1.29 is 23.9 Å². The number of benzene rings is 1. The van der Waals surface area contributed by atoms with Gasteiger partial charge in [0.05, 0.1) is 6.54 Å². The third kappa shape index (κ3) is 3.96. The number of hydrogen-bond acceptors (Lipinski definition) is 5. The predicted molar refractivity (Wildman–Crippen MR) is 92.7 cm³/mol. The van der Waals surface area contributed by atoms with Gasteiger partial charge in [0.2, 0.25) is 17.9 Å². The van der Waals surface area contributed by atoms with E-state index in [1.165, 1.54) is 0 Å². The quantitative estimate of drug-likeness (QED) is 0.752. The van der Waals surface area contributed by atoms with Crippen molar-refractivity contribution in [1.82, 2.24) is 15.1 Å². The van der Waals surface area contributed by atoms with Crippen molar-refractivity contribution in [3.63, 3.8) is 0 Å². The Hall–Kier alpha value is -3.03. The zero-order chi connectivity index (χ0) is 18.5. The van der Waals surface area contributed by atoms with E-state index in [4.69, 9.17) is 9.47 Å². The number of nitrogens with one attached hydrogen (secondary N) is 1. The number of rotatable bonds is 4. The Kier molecular flexibility index (Phi) is 5.40. The van der Waals surface area contributed by atoms with Gasteiger partial charge in [-0.2, -0.15) is 0 Å². The lowest BCUT2D eigenvalue weighted by molar-refractivity contribution is -0.146. The van der Waals surface area contributed by atoms with Gasteiger partial charge >= 0.3 is 0 Å². The highest BCUT2D eigenvalue weighted by Crippen LogP contribution is 2.31. The zero-order valence-corrected chi connectivity index (χ0v) is 14.3. The average molecular weight is 359 g/mol. The first-order chi connectivity index (χ1) is 12.6. The van der Waals surface area contributed by atoms with E-state index >= 15 is 0 Å². The van der Waals surface area contributed by atoms with Crippen molar-refractivity contribution in [3.8, 4) is 11.5 Å². The number of ether oxygens (including phenoxy) is 2. The summed E-state index contributed by atoms with van der Waals surface area (Å²) in [6.45, 7) is 5.10. The van der Waals surface area contributed by atoms with Crippen LogP contribution in [0, 0.1) is 0 Å². The number of piperazine rings is 1. The zero-order valence-electron chi connectivity index (χ0n) is 14.3. The first-order valence-electron chi connectivity index (χ1n) is 8.44. The molecule has 0 aliphatic carbocycles. The van der Waals surface area contributed by atoms with Crippen molar-refractivity contribution in [2.45, 2.75) is 6.10 Å². The lowest BCUT2D eigenvalue weighted by atomic mass is 10.2. The van der Waals surface area contributed by atoms with Crippen LogP contribution in [0.5, 0.6) is 11.5 Å². The maximum absolute atomic E-state index is 12.6. The van der Waals surface area contributed by atoms with E-state index in [0.29, 0.717) is 37.7 Å². The van der Waals surface area contributed by atoms with Crippen LogP contribution in [0.15, 0.2) is 36.9 Å². The smallest absolute Gasteiger partial charge is 0.267 e. The normalized spacial score (nSPS) is 18.8. The molecule has 0 radical (unpaired) electrons. The third-order valence-corrected chi connectivity index (χ3v) is 4.33. The molecule has 8 nitrogen and oxygen atoms in total. The summed E-state index contributed by atoms with van der Waals surface area (Å²) in [5.74, 6) is 0.476. The van der Waals surface area contributed by atoms with E-state index < -0.39 is 6.10 Å². The van der Waals surface area contributed by atoms with E-state index in [9.17, 15) is 14.4 Å². The van der Waals surface area contributed by atoms with Crippen molar-refractivity contribution in [1.29, 1.82) is 0 Å². The summed E-state index contributed by atoms with van der Waals surface area (Å²) in [6.07, 6.45) is 0.438. The molecule has 0 aromatic heterocycles. The number of carbonyl (C=O) groups is 3. The maximum Gasteiger partial charge on any atom is 0.267 e. The van der Waals surface area contributed by atoms with Crippen LogP contribution in [0.2, 0.25) is 0 Å². The van der Waals surface area contributed by atoms with Gasteiger partial charge in [-0.3, -0.25) is 14.4 Å². The summed E-state index contributed by atoms with van der Waals surface area (Å²) in [5.41, 5.74) is 0. The summed E-state index contributed by atoms with van der Waals surface area (Å²) in [5, 5.41) is 2.46. The minimum absolute atomic E-state index is 0.0742. The van der Waals surface area contributed by atoms with E-state index in [2.05, 4.69) is 11.9 Å². The second-order valence-corrected chi connectivity index (χ2v) is 5.99. The van der Waals surface area contributed by atoms with Crippen molar-refractivity contribution in [2.24, 2.45) is 0 Å². The Labute approximate surface area is 151 Å². The third-order valence-electron chi connectivity index (χ3n) is 4.33. The number of para-hydroxylation sites is 2. The largest absolute Gasteiger partial charge is 0.485 e. The van der Waals surface area contributed by atoms with Gasteiger partial charge in [-0.05, 0) is 18.2 Å². The number of carbonyl (C=O) groups excluding carboxylic acids is 3. The van der Waals surface area contributed by atoms with Crippen LogP contribution in [-0.4, -0.2) is 73.0 Å². The van der Waals surface area contributed by atoms with Gasteiger partial charge in [-0.15, -0.1) is 0 Å². The molecule has 2 heterocycles. The number of amides is 3. The van der Waals surface area contributed by atoms with Crippen LogP contribution in [0.25, 0.3) is 0 Å². The minimum atomic E-state index is -0.681. The van der Waals surface area contributed by atoms with Gasteiger partial charge < -0.3 is 24.6 Å². The van der Waals surface area contributed by atoms with Crippen LogP contribution in [0.4, 0.5) is 0 Å². The summed E-state index contributed by atoms with van der Waals surface area (Å²) in [4.78, 5) is 39.1. The molecule has 3 rings (SSSR count). The fourth-order valence-corrected chi connectivity index (χ4v) is 2.87. The standard InChI is InChI=1S/C18H21N3O5/c1-2-16(22)19-11-17(23)20-7-9-21(10-8-20)18(24)15-12-25-13-5-3-4-6-14(13)26-15/h2-6,15H,1,7-12H2,(H,19,22). The summed E-state index contributed by atoms with van der Waals surface area (Å²) in [7, 11) is 0. The molecule has 26 heavy (non-hydrogen) atoms. The van der Waals surface area contributed by atoms with Crippen LogP contribution in [0.3, 0.4) is 0 Å². The molecule has 0 bridgehead atoms. The summed E-state index contributed by atoms with van der Waals surface area (Å²) >= 11 is 0. The molecular formula is C18H21N3O5. The molecule has 2 aliphatic rings. The van der Waals surface area contributed by atoms with Gasteiger partial charge in [0.1, 0.15) is 6.61 Å². The van der Waals surface area contributed by atoms with Gasteiger partial charge in [-0.25, -0.2) is 0 Å². The van der Waals surface area contributed by atoms with E-state index in [1.807, 2.05) is 12.1 Å². The molecule has 1 aromatic rings. The molecular weight excluding hydrogens is 338 g/mol. The highest BCUT2D eigenvalue weighted by atomic mass is 16.6. The summed E-state index contributed by atoms with van der Waals surface area (Å²) < 4.78 is 11.3. The highest BCUT2D eigenvalue weighted by Gasteiger charge is 2.33. The summed E-state index contributed by atoms with van der Waals surface area (Å²) in [6, 6.07) is 7.23. The van der Waals surface area contributed by atoms with Crippen LogP contribution in [0.1, 0.15) is 0 Å². The molecule has 3 amide bonds. The van der Waals surface area contributed by atoms with Gasteiger partial charge in [0.25, 0.3) is 5.91 Å². The Morgan fingerprint density at radius 2 is 1.77 bits per heavy atom. The Morgan fingerprint density at radius 1 is 1.12 bits per heavy atom. The second-order valence-electron chi connectivity index (χ2n) is 5.99. The molecule has 1 atom stereocenters. The molecule has 1 unspecified atom stereocenters. The number of fused-ring (bicyclic) bond motifs is 1. The number of nitrogens with zero attached hydrogens (tertiary/aromatic N) is 2. The topological polar surface area (TPSA) is 88.2 Å². The van der Waals surface area contributed by atoms with E-state index in [0.717, 1.165) is 6.08 Å². The molecule has 1 saturated heterocycles. The SMILES string of the molecule is C=CC(=O)NCC(=O)N1CCN(C(=O)C2COc3ccccc3O2)CC1. The minimum Gasteiger partial charge on any atom is -0.485 e. The molecule has 138 valence electrons. The Balaban J connectivity index is 1.49. The molecule has 1 N–H and O–H groups in total. The van der Waals surface area contributed by atoms with Crippen molar-refractivity contribution in [2.75, 3.05) is 39.3 Å². The Bertz CT molecular complexity index is 713. The molecule has 2 aliphatic heterocycles. The fourth-order valence-electron chi connectivity index (χ4n) is 2.87. The molecule has 1 aromatic carbocycles. The number of hydrogen-bond donors (Lipinski definition) is 1. The second kappa shape index (κ2) is 7.90. The monoisotopic (exact) mass is 359 g/mol. The van der Waals surface area contributed by atoms with E-state index in [-0.39, 0.29) is 30.9 Å². The first kappa shape index (κ1) is 17.8. The first-order valence-corrected chi connectivity index (χ1v) is 8.44. The van der Waals surface area contributed by atoms with Crippen LogP contribution >= 0.6 is 0 Å². The Morgan fingerprint density at radius 3 is 2.46 bits per heavy atom. The lowest BCUT2D eigenvalue weighted by Crippen LogP contribution is -2.56. The van der Waals surface area contributed by atoms with Crippen molar-refractivity contribution in [3.05, 3.63) is 36.9 Å². The lowest BCUT2D eigenvalue weighted by Gasteiger charge is -2.37.